The van der Waals surface area contributed by atoms with E-state index in [1.54, 1.807) is 23.2 Å². The molecular formula is C25H45N3O2. The average molecular weight is 420 g/mol. The van der Waals surface area contributed by atoms with Gasteiger partial charge in [0.15, 0.2) is 5.82 Å². The summed E-state index contributed by atoms with van der Waals surface area (Å²) in [4.78, 5) is 22.5. The monoisotopic (exact) mass is 419 g/mol. The quantitative estimate of drug-likeness (QED) is 0.374. The largest absolute Gasteiger partial charge is 0.444 e. The van der Waals surface area contributed by atoms with E-state index in [0.29, 0.717) is 30.9 Å². The summed E-state index contributed by atoms with van der Waals surface area (Å²) < 4.78 is 5.39. The molecule has 0 atom stereocenters. The standard InChI is InChI=1S/C16H21N3O2.C3H6.3C2H6/c1-6-11(2)14-17-9-12-10-19(8-7-13(12)18-14)15(20)21-16(3,4)5;1-3-2;3*1-2/h6,9H,1-2,7-8,10H2,3-5H3;3H,1H2,2H3;3*1-2H3. The van der Waals surface area contributed by atoms with E-state index >= 15 is 0 Å². The van der Waals surface area contributed by atoms with E-state index in [2.05, 4.69) is 29.7 Å². The number of carbonyl (C=O) groups excluding carboxylic acids is 1. The Labute approximate surface area is 186 Å². The van der Waals surface area contributed by atoms with E-state index in [-0.39, 0.29) is 6.09 Å². The molecule has 1 aromatic heterocycles. The van der Waals surface area contributed by atoms with Crippen molar-refractivity contribution >= 4 is 11.7 Å². The molecule has 0 fully saturated rings. The number of amides is 1. The number of allylic oxidation sites excluding steroid dienone is 3. The lowest BCUT2D eigenvalue weighted by atomic mass is 10.1. The van der Waals surface area contributed by atoms with Gasteiger partial charge in [-0.25, -0.2) is 14.8 Å². The zero-order valence-electron chi connectivity index (χ0n) is 21.1. The predicted octanol–water partition coefficient (Wildman–Crippen LogP) is 7.24. The summed E-state index contributed by atoms with van der Waals surface area (Å²) in [6.07, 6.45) is 5.53. The molecule has 0 N–H and O–H groups in total. The molecule has 5 nitrogen and oxygen atoms in total. The van der Waals surface area contributed by atoms with Gasteiger partial charge in [-0.3, -0.25) is 0 Å². The number of carbonyl (C=O) groups is 1. The first-order chi connectivity index (χ1) is 14.2. The van der Waals surface area contributed by atoms with E-state index < -0.39 is 5.60 Å². The van der Waals surface area contributed by atoms with Crippen molar-refractivity contribution in [2.75, 3.05) is 6.54 Å². The first kappa shape index (κ1) is 32.2. The van der Waals surface area contributed by atoms with Crippen molar-refractivity contribution in [3.05, 3.63) is 55.2 Å². The fourth-order valence-corrected chi connectivity index (χ4v) is 2.04. The SMILES string of the molecule is C=CC.C=CC(=C)c1ncc2c(n1)CCN(C(=O)OC(C)(C)C)C2.CC.CC.CC. The number of rotatable bonds is 2. The Bertz CT molecular complexity index is 632. The van der Waals surface area contributed by atoms with Gasteiger partial charge in [0.25, 0.3) is 0 Å². The fourth-order valence-electron chi connectivity index (χ4n) is 2.04. The summed E-state index contributed by atoms with van der Waals surface area (Å²) in [5.74, 6) is 0.592. The Hall–Kier alpha value is -2.43. The number of nitrogens with zero attached hydrogens (tertiary/aromatic N) is 3. The molecule has 0 unspecified atom stereocenters. The summed E-state index contributed by atoms with van der Waals surface area (Å²) in [6, 6.07) is 0. The van der Waals surface area contributed by atoms with Crippen LogP contribution in [0.4, 0.5) is 4.79 Å². The average Bonchev–Trinajstić information content (AvgIpc) is 2.76. The maximum Gasteiger partial charge on any atom is 0.410 e. The van der Waals surface area contributed by atoms with Gasteiger partial charge < -0.3 is 9.64 Å². The molecule has 0 aromatic carbocycles. The lowest BCUT2D eigenvalue weighted by Gasteiger charge is -2.30. The molecule has 30 heavy (non-hydrogen) atoms. The second kappa shape index (κ2) is 18.6. The zero-order valence-corrected chi connectivity index (χ0v) is 21.1. The van der Waals surface area contributed by atoms with Crippen molar-refractivity contribution in [2.45, 2.75) is 87.8 Å². The van der Waals surface area contributed by atoms with Crippen LogP contribution in [-0.2, 0) is 17.7 Å². The summed E-state index contributed by atoms with van der Waals surface area (Å²) in [5.41, 5.74) is 2.13. The fraction of sp³-hybridized carbons (Fsp3) is 0.560. The Morgan fingerprint density at radius 2 is 1.63 bits per heavy atom. The topological polar surface area (TPSA) is 55.3 Å². The molecular weight excluding hydrogens is 374 g/mol. The minimum atomic E-state index is -0.487. The van der Waals surface area contributed by atoms with Crippen LogP contribution in [-0.4, -0.2) is 33.1 Å². The maximum absolute atomic E-state index is 12.1. The Morgan fingerprint density at radius 1 is 1.13 bits per heavy atom. The van der Waals surface area contributed by atoms with E-state index in [0.717, 1.165) is 11.3 Å². The molecule has 172 valence electrons. The van der Waals surface area contributed by atoms with E-state index in [9.17, 15) is 4.79 Å². The van der Waals surface area contributed by atoms with Gasteiger partial charge in [0.1, 0.15) is 5.60 Å². The third-order valence-corrected chi connectivity index (χ3v) is 3.12. The predicted molar refractivity (Wildman–Crippen MR) is 132 cm³/mol. The number of hydrogen-bond donors (Lipinski definition) is 0. The molecule has 0 radical (unpaired) electrons. The van der Waals surface area contributed by atoms with Crippen LogP contribution in [0.5, 0.6) is 0 Å². The first-order valence-corrected chi connectivity index (χ1v) is 10.9. The highest BCUT2D eigenvalue weighted by Crippen LogP contribution is 2.20. The highest BCUT2D eigenvalue weighted by molar-refractivity contribution is 5.69. The second-order valence-electron chi connectivity index (χ2n) is 6.46. The van der Waals surface area contributed by atoms with Crippen LogP contribution in [0.3, 0.4) is 0 Å². The molecule has 0 bridgehead atoms. The Balaban J connectivity index is -0.000000709. The van der Waals surface area contributed by atoms with Crippen molar-refractivity contribution in [1.29, 1.82) is 0 Å². The molecule has 1 amide bonds. The van der Waals surface area contributed by atoms with Gasteiger partial charge in [0.2, 0.25) is 0 Å². The minimum absolute atomic E-state index is 0.298. The summed E-state index contributed by atoms with van der Waals surface area (Å²) in [6.45, 7) is 31.4. The first-order valence-electron chi connectivity index (χ1n) is 10.9. The van der Waals surface area contributed by atoms with E-state index in [4.69, 9.17) is 4.74 Å². The molecule has 0 spiro atoms. The number of aromatic nitrogens is 2. The lowest BCUT2D eigenvalue weighted by Crippen LogP contribution is -2.40. The Morgan fingerprint density at radius 3 is 2.07 bits per heavy atom. The smallest absolute Gasteiger partial charge is 0.410 e. The maximum atomic E-state index is 12.1. The number of ether oxygens (including phenoxy) is 1. The van der Waals surface area contributed by atoms with Crippen LogP contribution >= 0.6 is 0 Å². The third-order valence-electron chi connectivity index (χ3n) is 3.12. The molecule has 0 aliphatic carbocycles. The van der Waals surface area contributed by atoms with E-state index in [1.807, 2.05) is 69.2 Å². The van der Waals surface area contributed by atoms with Crippen LogP contribution in [0.25, 0.3) is 5.57 Å². The van der Waals surface area contributed by atoms with Crippen LogP contribution < -0.4 is 0 Å². The van der Waals surface area contributed by atoms with Gasteiger partial charge in [0.05, 0.1) is 12.2 Å². The van der Waals surface area contributed by atoms with Crippen molar-refractivity contribution in [3.63, 3.8) is 0 Å². The highest BCUT2D eigenvalue weighted by Gasteiger charge is 2.26. The minimum Gasteiger partial charge on any atom is -0.444 e. The van der Waals surface area contributed by atoms with Gasteiger partial charge in [-0.15, -0.1) is 6.58 Å². The normalized spacial score (nSPS) is 11.1. The van der Waals surface area contributed by atoms with Gasteiger partial charge in [-0.05, 0) is 27.7 Å². The molecule has 1 aliphatic heterocycles. The molecule has 0 saturated heterocycles. The van der Waals surface area contributed by atoms with Crippen LogP contribution in [0.15, 0.2) is 38.1 Å². The van der Waals surface area contributed by atoms with Crippen molar-refractivity contribution in [3.8, 4) is 0 Å². The van der Waals surface area contributed by atoms with Crippen LogP contribution in [0.2, 0.25) is 0 Å². The summed E-state index contributed by atoms with van der Waals surface area (Å²) >= 11 is 0. The molecule has 5 heteroatoms. The lowest BCUT2D eigenvalue weighted by molar-refractivity contribution is 0.0222. The van der Waals surface area contributed by atoms with Gasteiger partial charge in [-0.2, -0.15) is 0 Å². The number of hydrogen-bond acceptors (Lipinski definition) is 4. The second-order valence-corrected chi connectivity index (χ2v) is 6.46. The molecule has 0 saturated carbocycles. The Kier molecular flexibility index (Phi) is 20.0. The molecule has 1 aliphatic rings. The van der Waals surface area contributed by atoms with Crippen molar-refractivity contribution < 1.29 is 9.53 Å². The number of fused-ring (bicyclic) bond motifs is 1. The molecule has 1 aromatic rings. The van der Waals surface area contributed by atoms with Gasteiger partial charge >= 0.3 is 6.09 Å². The highest BCUT2D eigenvalue weighted by atomic mass is 16.6. The van der Waals surface area contributed by atoms with Gasteiger partial charge in [-0.1, -0.05) is 66.9 Å². The molecule has 2 heterocycles. The van der Waals surface area contributed by atoms with Gasteiger partial charge in [0, 0.05) is 30.3 Å². The molecule has 2 rings (SSSR count). The van der Waals surface area contributed by atoms with Crippen molar-refractivity contribution in [1.82, 2.24) is 14.9 Å². The van der Waals surface area contributed by atoms with Crippen molar-refractivity contribution in [2.24, 2.45) is 0 Å². The summed E-state index contributed by atoms with van der Waals surface area (Å²) in [5, 5.41) is 0. The van der Waals surface area contributed by atoms with E-state index in [1.165, 1.54) is 0 Å². The third kappa shape index (κ3) is 12.9. The summed E-state index contributed by atoms with van der Waals surface area (Å²) in [7, 11) is 0. The van der Waals surface area contributed by atoms with Crippen LogP contribution in [0.1, 0.15) is 86.3 Å². The van der Waals surface area contributed by atoms with Crippen LogP contribution in [0, 0.1) is 0 Å². The zero-order chi connectivity index (χ0) is 24.3.